The minimum atomic E-state index is -3.56. The Labute approximate surface area is 165 Å². The van der Waals surface area contributed by atoms with Gasteiger partial charge in [0.1, 0.15) is 0 Å². The van der Waals surface area contributed by atoms with Crippen LogP contribution >= 0.6 is 11.6 Å². The topological polar surface area (TPSA) is 50.6 Å². The van der Waals surface area contributed by atoms with Crippen LogP contribution in [0.15, 0.2) is 29.2 Å². The molecular formula is C20H36ClN2O2S+. The van der Waals surface area contributed by atoms with Gasteiger partial charge in [-0.2, -0.15) is 4.72 Å². The maximum absolute atomic E-state index is 12.7. The van der Waals surface area contributed by atoms with Gasteiger partial charge in [-0.05, 0) is 62.8 Å². The molecule has 6 heteroatoms. The molecule has 0 heterocycles. The molecule has 0 unspecified atom stereocenters. The summed E-state index contributed by atoms with van der Waals surface area (Å²) in [6.07, 6.45) is 2.29. The second-order valence-corrected chi connectivity index (χ2v) is 10.9. The molecule has 0 aliphatic heterocycles. The van der Waals surface area contributed by atoms with Gasteiger partial charge in [0, 0.05) is 5.02 Å². The van der Waals surface area contributed by atoms with Gasteiger partial charge in [0.25, 0.3) is 0 Å². The highest BCUT2D eigenvalue weighted by Gasteiger charge is 2.30. The summed E-state index contributed by atoms with van der Waals surface area (Å²) < 4.78 is 28.3. The van der Waals surface area contributed by atoms with Crippen molar-refractivity contribution in [1.82, 2.24) is 4.72 Å². The van der Waals surface area contributed by atoms with Crippen molar-refractivity contribution in [3.05, 3.63) is 29.3 Å². The number of hydrogen-bond acceptors (Lipinski definition) is 2. The lowest BCUT2D eigenvalue weighted by Gasteiger charge is -2.31. The summed E-state index contributed by atoms with van der Waals surface area (Å²) in [5.41, 5.74) is -0.526. The van der Waals surface area contributed by atoms with Gasteiger partial charge in [-0.25, -0.2) is 8.42 Å². The number of nitrogens with one attached hydrogen (secondary N) is 2. The van der Waals surface area contributed by atoms with E-state index in [9.17, 15) is 8.42 Å². The third kappa shape index (κ3) is 8.85. The van der Waals surface area contributed by atoms with Crippen LogP contribution in [0.25, 0.3) is 0 Å². The lowest BCUT2D eigenvalue weighted by molar-refractivity contribution is -0.904. The van der Waals surface area contributed by atoms with Gasteiger partial charge in [0.05, 0.1) is 30.1 Å². The summed E-state index contributed by atoms with van der Waals surface area (Å²) in [5.74, 6) is 1.30. The van der Waals surface area contributed by atoms with E-state index >= 15 is 0 Å². The van der Waals surface area contributed by atoms with Gasteiger partial charge in [0.15, 0.2) is 0 Å². The average molecular weight is 404 g/mol. The lowest BCUT2D eigenvalue weighted by atomic mass is 10.0. The van der Waals surface area contributed by atoms with E-state index < -0.39 is 15.6 Å². The summed E-state index contributed by atoms with van der Waals surface area (Å²) in [7, 11) is -3.56. The summed E-state index contributed by atoms with van der Waals surface area (Å²) in [5, 5.41) is 0.529. The molecule has 0 bridgehead atoms. The molecule has 4 nitrogen and oxygen atoms in total. The smallest absolute Gasteiger partial charge is 0.241 e. The number of hydrogen-bond donors (Lipinski definition) is 2. The van der Waals surface area contributed by atoms with Gasteiger partial charge in [-0.15, -0.1) is 0 Å². The zero-order valence-corrected chi connectivity index (χ0v) is 18.7. The van der Waals surface area contributed by atoms with Crippen molar-refractivity contribution in [3.8, 4) is 0 Å². The Morgan fingerprint density at radius 1 is 1.00 bits per heavy atom. The fourth-order valence-corrected chi connectivity index (χ4v) is 4.52. The van der Waals surface area contributed by atoms with Crippen molar-refractivity contribution >= 4 is 21.6 Å². The quantitative estimate of drug-likeness (QED) is 0.595. The maximum atomic E-state index is 12.7. The van der Waals surface area contributed by atoms with Crippen molar-refractivity contribution < 1.29 is 13.3 Å². The lowest BCUT2D eigenvalue weighted by Crippen LogP contribution is -3.14. The molecule has 0 spiro atoms. The van der Waals surface area contributed by atoms with Crippen molar-refractivity contribution in [2.24, 2.45) is 11.8 Å². The molecule has 0 fully saturated rings. The highest BCUT2D eigenvalue weighted by Crippen LogP contribution is 2.16. The molecule has 0 saturated heterocycles. The zero-order chi connectivity index (χ0) is 20.0. The molecule has 0 aliphatic carbocycles. The Morgan fingerprint density at radius 3 is 1.88 bits per heavy atom. The van der Waals surface area contributed by atoms with E-state index in [-0.39, 0.29) is 4.90 Å². The summed E-state index contributed by atoms with van der Waals surface area (Å²) in [4.78, 5) is 1.71. The fourth-order valence-electron chi connectivity index (χ4n) is 2.98. The summed E-state index contributed by atoms with van der Waals surface area (Å²) in [6, 6.07) is 6.30. The van der Waals surface area contributed by atoms with Gasteiger partial charge in [-0.3, -0.25) is 0 Å². The van der Waals surface area contributed by atoms with Crippen LogP contribution in [0.4, 0.5) is 0 Å². The first kappa shape index (κ1) is 23.4. The highest BCUT2D eigenvalue weighted by atomic mass is 35.5. The number of sulfonamides is 1. The van der Waals surface area contributed by atoms with E-state index in [1.807, 2.05) is 13.8 Å². The molecule has 1 rings (SSSR count). The molecule has 2 N–H and O–H groups in total. The van der Waals surface area contributed by atoms with Crippen molar-refractivity contribution in [3.63, 3.8) is 0 Å². The van der Waals surface area contributed by atoms with Crippen LogP contribution in [0.1, 0.15) is 54.4 Å². The van der Waals surface area contributed by atoms with Crippen molar-refractivity contribution in [2.45, 2.75) is 64.8 Å². The summed E-state index contributed by atoms with van der Waals surface area (Å²) >= 11 is 5.87. The molecular weight excluding hydrogens is 368 g/mol. The third-order valence-corrected chi connectivity index (χ3v) is 6.34. The molecule has 0 amide bonds. The second kappa shape index (κ2) is 10.1. The molecule has 0 aromatic heterocycles. The van der Waals surface area contributed by atoms with Crippen LogP contribution in [0.3, 0.4) is 0 Å². The molecule has 0 atom stereocenters. The van der Waals surface area contributed by atoms with Gasteiger partial charge in [0.2, 0.25) is 10.0 Å². The highest BCUT2D eigenvalue weighted by molar-refractivity contribution is 7.89. The molecule has 0 radical (unpaired) electrons. The number of benzene rings is 1. The van der Waals surface area contributed by atoms with E-state index in [1.54, 1.807) is 24.3 Å². The molecule has 150 valence electrons. The second-order valence-electron chi connectivity index (χ2n) is 8.74. The first-order valence-corrected chi connectivity index (χ1v) is 11.4. The molecule has 0 aliphatic rings. The minimum absolute atomic E-state index is 0.251. The van der Waals surface area contributed by atoms with E-state index in [0.717, 1.165) is 32.5 Å². The molecule has 1 aromatic rings. The van der Waals surface area contributed by atoms with E-state index in [2.05, 4.69) is 32.4 Å². The first-order chi connectivity index (χ1) is 11.9. The molecule has 26 heavy (non-hydrogen) atoms. The van der Waals surface area contributed by atoms with E-state index in [0.29, 0.717) is 16.9 Å². The Kier molecular flexibility index (Phi) is 9.07. The van der Waals surface area contributed by atoms with E-state index in [4.69, 9.17) is 11.6 Å². The largest absolute Gasteiger partial charge is 0.333 e. The first-order valence-electron chi connectivity index (χ1n) is 9.54. The monoisotopic (exact) mass is 403 g/mol. The minimum Gasteiger partial charge on any atom is -0.333 e. The van der Waals surface area contributed by atoms with Crippen LogP contribution in [-0.2, 0) is 10.0 Å². The maximum Gasteiger partial charge on any atom is 0.241 e. The fraction of sp³-hybridized carbons (Fsp3) is 0.700. The van der Waals surface area contributed by atoms with Crippen molar-refractivity contribution in [2.75, 3.05) is 19.6 Å². The zero-order valence-electron chi connectivity index (χ0n) is 17.1. The third-order valence-electron chi connectivity index (χ3n) is 4.38. The van der Waals surface area contributed by atoms with Gasteiger partial charge >= 0.3 is 0 Å². The predicted molar refractivity (Wildman–Crippen MR) is 110 cm³/mol. The van der Waals surface area contributed by atoms with Crippen molar-refractivity contribution in [1.29, 1.82) is 0 Å². The van der Waals surface area contributed by atoms with Crippen LogP contribution in [0.2, 0.25) is 5.02 Å². The number of quaternary nitrogens is 1. The predicted octanol–water partition coefficient (Wildman–Crippen LogP) is 3.37. The van der Waals surface area contributed by atoms with Gasteiger partial charge in [-0.1, -0.05) is 39.3 Å². The number of halogens is 1. The number of rotatable bonds is 11. The SMILES string of the molecule is CC(C)CC[NH+](CCC(C)C)CC(C)(C)NS(=O)(=O)c1ccc(Cl)cc1. The Bertz CT molecular complexity index is 628. The average Bonchev–Trinajstić information content (AvgIpc) is 2.49. The standard InChI is InChI=1S/C20H35ClN2O2S/c1-16(2)11-13-23(14-12-17(3)4)15-20(5,6)22-26(24,25)19-9-7-18(21)8-10-19/h7-10,16-17,22H,11-15H2,1-6H3/p+1. The molecule has 0 saturated carbocycles. The Hall–Kier alpha value is -0.620. The Balaban J connectivity index is 2.82. The van der Waals surface area contributed by atoms with Crippen LogP contribution in [0.5, 0.6) is 0 Å². The van der Waals surface area contributed by atoms with E-state index in [1.165, 1.54) is 4.90 Å². The van der Waals surface area contributed by atoms with Crippen LogP contribution < -0.4 is 9.62 Å². The Morgan fingerprint density at radius 2 is 1.46 bits per heavy atom. The van der Waals surface area contributed by atoms with Crippen LogP contribution in [0, 0.1) is 11.8 Å². The van der Waals surface area contributed by atoms with Gasteiger partial charge < -0.3 is 4.90 Å². The summed E-state index contributed by atoms with van der Waals surface area (Å²) in [6.45, 7) is 15.7. The normalized spacial score (nSPS) is 13.2. The van der Waals surface area contributed by atoms with Crippen LogP contribution in [-0.4, -0.2) is 33.6 Å². The molecule has 1 aromatic carbocycles.